The topological polar surface area (TPSA) is 16.1 Å². The molecule has 2 heterocycles. The van der Waals surface area contributed by atoms with Crippen molar-refractivity contribution >= 4 is 28.6 Å². The molecule has 0 spiro atoms. The summed E-state index contributed by atoms with van der Waals surface area (Å²) in [7, 11) is 2.09. The standard InChI is InChI=1S/C13H15ClN2S/c1-10-6-13(11(7-14)8-15-10)16(2)9-12-4-3-5-17-12/h3-6,8H,7,9H2,1-2H3. The molecule has 2 aromatic heterocycles. The number of hydrogen-bond donors (Lipinski definition) is 0. The number of hydrogen-bond acceptors (Lipinski definition) is 3. The molecule has 17 heavy (non-hydrogen) atoms. The summed E-state index contributed by atoms with van der Waals surface area (Å²) >= 11 is 7.72. The van der Waals surface area contributed by atoms with E-state index in [4.69, 9.17) is 11.6 Å². The molecule has 2 rings (SSSR count). The highest BCUT2D eigenvalue weighted by Crippen LogP contribution is 2.24. The van der Waals surface area contributed by atoms with Crippen molar-refractivity contribution in [3.63, 3.8) is 0 Å². The smallest absolute Gasteiger partial charge is 0.0519 e. The summed E-state index contributed by atoms with van der Waals surface area (Å²) in [5, 5.41) is 2.10. The van der Waals surface area contributed by atoms with Gasteiger partial charge in [-0.15, -0.1) is 22.9 Å². The Balaban J connectivity index is 2.23. The number of thiophene rings is 1. The van der Waals surface area contributed by atoms with Crippen molar-refractivity contribution in [2.45, 2.75) is 19.3 Å². The van der Waals surface area contributed by atoms with Gasteiger partial charge >= 0.3 is 0 Å². The van der Waals surface area contributed by atoms with E-state index >= 15 is 0 Å². The second kappa shape index (κ2) is 5.52. The Labute approximate surface area is 111 Å². The van der Waals surface area contributed by atoms with Crippen LogP contribution in [0, 0.1) is 6.92 Å². The van der Waals surface area contributed by atoms with Crippen molar-refractivity contribution in [2.75, 3.05) is 11.9 Å². The fourth-order valence-electron chi connectivity index (χ4n) is 1.75. The minimum atomic E-state index is 0.497. The van der Waals surface area contributed by atoms with Crippen molar-refractivity contribution in [3.8, 4) is 0 Å². The lowest BCUT2D eigenvalue weighted by atomic mass is 10.2. The molecule has 90 valence electrons. The highest BCUT2D eigenvalue weighted by atomic mass is 35.5. The number of halogens is 1. The number of aryl methyl sites for hydroxylation is 1. The van der Waals surface area contributed by atoms with Crippen molar-refractivity contribution in [2.24, 2.45) is 0 Å². The first-order valence-corrected chi connectivity index (χ1v) is 6.87. The van der Waals surface area contributed by atoms with Crippen LogP contribution in [0.2, 0.25) is 0 Å². The number of rotatable bonds is 4. The van der Waals surface area contributed by atoms with Crippen molar-refractivity contribution < 1.29 is 0 Å². The van der Waals surface area contributed by atoms with Gasteiger partial charge in [-0.25, -0.2) is 0 Å². The summed E-state index contributed by atoms with van der Waals surface area (Å²) in [6.07, 6.45) is 1.86. The van der Waals surface area contributed by atoms with E-state index in [1.54, 1.807) is 11.3 Å². The Morgan fingerprint density at radius 2 is 2.29 bits per heavy atom. The Hall–Kier alpha value is -1.06. The van der Waals surface area contributed by atoms with Gasteiger partial charge in [0.25, 0.3) is 0 Å². The maximum Gasteiger partial charge on any atom is 0.0519 e. The molecule has 0 aliphatic carbocycles. The average Bonchev–Trinajstić information content (AvgIpc) is 2.81. The van der Waals surface area contributed by atoms with Crippen molar-refractivity contribution in [1.82, 2.24) is 4.98 Å². The van der Waals surface area contributed by atoms with Crippen LogP contribution < -0.4 is 4.90 Å². The summed E-state index contributed by atoms with van der Waals surface area (Å²) in [5.41, 5.74) is 3.27. The molecule has 2 nitrogen and oxygen atoms in total. The highest BCUT2D eigenvalue weighted by molar-refractivity contribution is 7.09. The van der Waals surface area contributed by atoms with Crippen molar-refractivity contribution in [1.29, 1.82) is 0 Å². The zero-order valence-corrected chi connectivity index (χ0v) is 11.6. The van der Waals surface area contributed by atoms with Crippen LogP contribution in [0.15, 0.2) is 29.8 Å². The van der Waals surface area contributed by atoms with E-state index in [1.807, 2.05) is 13.1 Å². The van der Waals surface area contributed by atoms with Crippen LogP contribution in [0.5, 0.6) is 0 Å². The maximum atomic E-state index is 5.95. The van der Waals surface area contributed by atoms with E-state index in [0.29, 0.717) is 5.88 Å². The zero-order valence-electron chi connectivity index (χ0n) is 9.98. The van der Waals surface area contributed by atoms with E-state index in [1.165, 1.54) is 10.6 Å². The van der Waals surface area contributed by atoms with Gasteiger partial charge in [0.2, 0.25) is 0 Å². The number of aromatic nitrogens is 1. The molecule has 0 aromatic carbocycles. The normalized spacial score (nSPS) is 10.5. The van der Waals surface area contributed by atoms with Crippen LogP contribution in [-0.4, -0.2) is 12.0 Å². The molecule has 0 fully saturated rings. The van der Waals surface area contributed by atoms with E-state index in [9.17, 15) is 0 Å². The second-order valence-electron chi connectivity index (χ2n) is 4.02. The first kappa shape index (κ1) is 12.4. The van der Waals surface area contributed by atoms with Gasteiger partial charge in [-0.2, -0.15) is 0 Å². The SMILES string of the molecule is Cc1cc(N(C)Cc2cccs2)c(CCl)cn1. The molecule has 0 radical (unpaired) electrons. The molecular formula is C13H15ClN2S. The van der Waals surface area contributed by atoms with E-state index in [2.05, 4.69) is 40.5 Å². The van der Waals surface area contributed by atoms with Gasteiger partial charge < -0.3 is 4.90 Å². The summed E-state index contributed by atoms with van der Waals surface area (Å²) in [5.74, 6) is 0.497. The number of nitrogens with zero attached hydrogens (tertiary/aromatic N) is 2. The third-order valence-corrected chi connectivity index (χ3v) is 3.78. The monoisotopic (exact) mass is 266 g/mol. The molecule has 0 aliphatic rings. The Bertz CT molecular complexity index is 482. The van der Waals surface area contributed by atoms with Crippen LogP contribution in [-0.2, 0) is 12.4 Å². The number of anilines is 1. The molecule has 0 aliphatic heterocycles. The van der Waals surface area contributed by atoms with Gasteiger partial charge in [-0.1, -0.05) is 6.07 Å². The molecule has 4 heteroatoms. The van der Waals surface area contributed by atoms with Crippen LogP contribution in [0.25, 0.3) is 0 Å². The predicted octanol–water partition coefficient (Wildman–Crippen LogP) is 3.83. The Morgan fingerprint density at radius 3 is 2.94 bits per heavy atom. The van der Waals surface area contributed by atoms with Gasteiger partial charge in [0.1, 0.15) is 0 Å². The van der Waals surface area contributed by atoms with Crippen LogP contribution in [0.3, 0.4) is 0 Å². The quantitative estimate of drug-likeness (QED) is 0.782. The molecule has 0 saturated carbocycles. The molecule has 0 N–H and O–H groups in total. The van der Waals surface area contributed by atoms with Crippen LogP contribution in [0.4, 0.5) is 5.69 Å². The van der Waals surface area contributed by atoms with Gasteiger partial charge in [0.15, 0.2) is 0 Å². The summed E-state index contributed by atoms with van der Waals surface area (Å²) in [6, 6.07) is 6.31. The fraction of sp³-hybridized carbons (Fsp3) is 0.308. The lowest BCUT2D eigenvalue weighted by Crippen LogP contribution is -2.17. The number of alkyl halides is 1. The van der Waals surface area contributed by atoms with E-state index in [-0.39, 0.29) is 0 Å². The minimum absolute atomic E-state index is 0.497. The van der Waals surface area contributed by atoms with Crippen LogP contribution >= 0.6 is 22.9 Å². The lowest BCUT2D eigenvalue weighted by Gasteiger charge is -2.21. The molecule has 0 amide bonds. The number of pyridine rings is 1. The zero-order chi connectivity index (χ0) is 12.3. The molecule has 0 saturated heterocycles. The third kappa shape index (κ3) is 2.99. The minimum Gasteiger partial charge on any atom is -0.369 e. The van der Waals surface area contributed by atoms with Crippen molar-refractivity contribution in [3.05, 3.63) is 45.9 Å². The van der Waals surface area contributed by atoms with Crippen LogP contribution in [0.1, 0.15) is 16.1 Å². The van der Waals surface area contributed by atoms with Gasteiger partial charge in [0.05, 0.1) is 12.4 Å². The Morgan fingerprint density at radius 1 is 1.47 bits per heavy atom. The Kier molecular flexibility index (Phi) is 4.02. The average molecular weight is 267 g/mol. The molecule has 2 aromatic rings. The lowest BCUT2D eigenvalue weighted by molar-refractivity contribution is 0.924. The first-order chi connectivity index (χ1) is 8.20. The largest absolute Gasteiger partial charge is 0.369 e. The second-order valence-corrected chi connectivity index (χ2v) is 5.32. The molecular weight excluding hydrogens is 252 g/mol. The third-order valence-electron chi connectivity index (χ3n) is 2.63. The predicted molar refractivity (Wildman–Crippen MR) is 75.0 cm³/mol. The first-order valence-electron chi connectivity index (χ1n) is 5.45. The summed E-state index contributed by atoms with van der Waals surface area (Å²) in [6.45, 7) is 2.91. The molecule has 0 unspecified atom stereocenters. The fourth-order valence-corrected chi connectivity index (χ4v) is 2.72. The highest BCUT2D eigenvalue weighted by Gasteiger charge is 2.09. The van der Waals surface area contributed by atoms with Gasteiger partial charge in [0, 0.05) is 35.1 Å². The maximum absolute atomic E-state index is 5.95. The van der Waals surface area contributed by atoms with E-state index < -0.39 is 0 Å². The van der Waals surface area contributed by atoms with Gasteiger partial charge in [-0.3, -0.25) is 4.98 Å². The molecule has 0 atom stereocenters. The van der Waals surface area contributed by atoms with Gasteiger partial charge in [-0.05, 0) is 24.4 Å². The summed E-state index contributed by atoms with van der Waals surface area (Å²) in [4.78, 5) is 7.85. The molecule has 0 bridgehead atoms. The summed E-state index contributed by atoms with van der Waals surface area (Å²) < 4.78 is 0. The van der Waals surface area contributed by atoms with E-state index in [0.717, 1.165) is 17.8 Å².